The maximum Gasteiger partial charge on any atom is 0.220 e. The van der Waals surface area contributed by atoms with Crippen LogP contribution in [0, 0.1) is 11.8 Å². The summed E-state index contributed by atoms with van der Waals surface area (Å²) >= 11 is 0. The van der Waals surface area contributed by atoms with Crippen molar-refractivity contribution >= 4 is 18.3 Å². The van der Waals surface area contributed by atoms with Gasteiger partial charge in [-0.2, -0.15) is 0 Å². The van der Waals surface area contributed by atoms with E-state index in [4.69, 9.17) is 4.74 Å². The minimum absolute atomic E-state index is 0. The van der Waals surface area contributed by atoms with Crippen LogP contribution in [0.3, 0.4) is 0 Å². The van der Waals surface area contributed by atoms with E-state index in [1.165, 1.54) is 19.3 Å². The number of halogens is 1. The van der Waals surface area contributed by atoms with Gasteiger partial charge < -0.3 is 15.4 Å². The molecule has 0 aromatic rings. The van der Waals surface area contributed by atoms with Crippen molar-refractivity contribution in [2.75, 3.05) is 26.7 Å². The number of nitrogens with one attached hydrogen (secondary N) is 2. The van der Waals surface area contributed by atoms with Crippen molar-refractivity contribution in [2.24, 2.45) is 11.8 Å². The smallest absolute Gasteiger partial charge is 0.220 e. The number of amides is 1. The van der Waals surface area contributed by atoms with E-state index in [1.807, 2.05) is 0 Å². The number of hydrogen-bond donors (Lipinski definition) is 2. The zero-order valence-corrected chi connectivity index (χ0v) is 13.3. The van der Waals surface area contributed by atoms with E-state index >= 15 is 0 Å². The summed E-state index contributed by atoms with van der Waals surface area (Å²) in [6.45, 7) is 3.07. The van der Waals surface area contributed by atoms with Crippen LogP contribution in [0.1, 0.15) is 44.9 Å². The third-order valence-electron chi connectivity index (χ3n) is 4.66. The number of carbonyl (C=O) groups is 1. The van der Waals surface area contributed by atoms with Gasteiger partial charge in [-0.3, -0.25) is 4.79 Å². The van der Waals surface area contributed by atoms with Crippen molar-refractivity contribution in [3.63, 3.8) is 0 Å². The fourth-order valence-corrected chi connectivity index (χ4v) is 3.21. The highest BCUT2D eigenvalue weighted by atomic mass is 35.5. The highest BCUT2D eigenvalue weighted by Gasteiger charge is 2.21. The van der Waals surface area contributed by atoms with E-state index in [1.54, 1.807) is 7.11 Å². The van der Waals surface area contributed by atoms with E-state index in [2.05, 4.69) is 10.6 Å². The lowest BCUT2D eigenvalue weighted by atomic mass is 9.87. The maximum absolute atomic E-state index is 11.8. The summed E-state index contributed by atoms with van der Waals surface area (Å²) in [5, 5.41) is 6.45. The Labute approximate surface area is 128 Å². The lowest BCUT2D eigenvalue weighted by molar-refractivity contribution is -0.121. The Morgan fingerprint density at radius 3 is 2.55 bits per heavy atom. The fraction of sp³-hybridized carbons (Fsp3) is 0.933. The first kappa shape index (κ1) is 17.7. The van der Waals surface area contributed by atoms with E-state index in [9.17, 15) is 4.79 Å². The molecule has 0 bridgehead atoms. The zero-order valence-electron chi connectivity index (χ0n) is 12.5. The van der Waals surface area contributed by atoms with E-state index in [0.29, 0.717) is 24.4 Å². The predicted molar refractivity (Wildman–Crippen MR) is 83.2 cm³/mol. The summed E-state index contributed by atoms with van der Waals surface area (Å²) in [4.78, 5) is 11.8. The molecule has 2 N–H and O–H groups in total. The van der Waals surface area contributed by atoms with Crippen LogP contribution in [0.5, 0.6) is 0 Å². The third kappa shape index (κ3) is 5.98. The molecule has 1 aliphatic heterocycles. The first-order chi connectivity index (χ1) is 9.28. The second-order valence-electron chi connectivity index (χ2n) is 6.08. The van der Waals surface area contributed by atoms with E-state index < -0.39 is 0 Å². The van der Waals surface area contributed by atoms with Crippen molar-refractivity contribution < 1.29 is 9.53 Å². The van der Waals surface area contributed by atoms with Crippen LogP contribution >= 0.6 is 12.4 Å². The maximum atomic E-state index is 11.8. The fourth-order valence-electron chi connectivity index (χ4n) is 3.21. The molecular formula is C15H29ClN2O2. The number of ether oxygens (including phenoxy) is 1. The van der Waals surface area contributed by atoms with Crippen molar-refractivity contribution in [3.05, 3.63) is 0 Å². The van der Waals surface area contributed by atoms with Gasteiger partial charge in [0.15, 0.2) is 0 Å². The summed E-state index contributed by atoms with van der Waals surface area (Å²) in [6, 6.07) is 0. The lowest BCUT2D eigenvalue weighted by Gasteiger charge is -2.27. The van der Waals surface area contributed by atoms with Crippen LogP contribution in [-0.2, 0) is 9.53 Å². The Bertz CT molecular complexity index is 275. The minimum Gasteiger partial charge on any atom is -0.381 e. The Kier molecular flexibility index (Phi) is 8.50. The topological polar surface area (TPSA) is 50.4 Å². The molecule has 2 fully saturated rings. The van der Waals surface area contributed by atoms with Crippen LogP contribution in [0.15, 0.2) is 0 Å². The average Bonchev–Trinajstić information content (AvgIpc) is 2.96. The molecule has 2 aliphatic rings. The Morgan fingerprint density at radius 2 is 1.95 bits per heavy atom. The second kappa shape index (κ2) is 9.59. The minimum atomic E-state index is 0. The van der Waals surface area contributed by atoms with Gasteiger partial charge in [0.2, 0.25) is 5.91 Å². The number of hydrogen-bond acceptors (Lipinski definition) is 3. The number of carbonyl (C=O) groups excluding carboxylic acids is 1. The molecule has 0 aromatic carbocycles. The van der Waals surface area contributed by atoms with Gasteiger partial charge >= 0.3 is 0 Å². The van der Waals surface area contributed by atoms with Gasteiger partial charge in [0.05, 0.1) is 6.10 Å². The van der Waals surface area contributed by atoms with Crippen LogP contribution in [0.25, 0.3) is 0 Å². The zero-order chi connectivity index (χ0) is 13.5. The molecule has 2 rings (SSSR count). The molecule has 1 saturated heterocycles. The van der Waals surface area contributed by atoms with Gasteiger partial charge in [-0.1, -0.05) is 0 Å². The normalized spacial score (nSPS) is 29.8. The Hall–Kier alpha value is -0.320. The summed E-state index contributed by atoms with van der Waals surface area (Å²) in [6.07, 6.45) is 8.07. The van der Waals surface area contributed by atoms with Crippen molar-refractivity contribution in [3.8, 4) is 0 Å². The number of rotatable bonds is 6. The summed E-state index contributed by atoms with van der Waals surface area (Å²) in [5.74, 6) is 1.60. The predicted octanol–water partition coefficient (Wildman–Crippen LogP) is 2.12. The molecule has 0 spiro atoms. The van der Waals surface area contributed by atoms with Crippen LogP contribution in [0.4, 0.5) is 0 Å². The lowest BCUT2D eigenvalue weighted by Crippen LogP contribution is -2.32. The quantitative estimate of drug-likeness (QED) is 0.790. The molecule has 1 unspecified atom stereocenters. The van der Waals surface area contributed by atoms with Gasteiger partial charge in [0.1, 0.15) is 0 Å². The van der Waals surface area contributed by atoms with Crippen LogP contribution < -0.4 is 10.6 Å². The van der Waals surface area contributed by atoms with Crippen molar-refractivity contribution in [2.45, 2.75) is 51.0 Å². The average molecular weight is 305 g/mol. The molecular weight excluding hydrogens is 276 g/mol. The van der Waals surface area contributed by atoms with Crippen LogP contribution in [0.2, 0.25) is 0 Å². The third-order valence-corrected chi connectivity index (χ3v) is 4.66. The molecule has 0 aromatic heterocycles. The van der Waals surface area contributed by atoms with Gasteiger partial charge in [-0.25, -0.2) is 0 Å². The van der Waals surface area contributed by atoms with Gasteiger partial charge in [0.25, 0.3) is 0 Å². The summed E-state index contributed by atoms with van der Waals surface area (Å²) in [7, 11) is 1.80. The second-order valence-corrected chi connectivity index (χ2v) is 6.08. The first-order valence-electron chi connectivity index (χ1n) is 7.78. The molecule has 1 aliphatic carbocycles. The standard InChI is InChI=1S/C15H28N2O2.ClH/c1-19-14-5-2-12(3-6-14)11-17-15(18)7-4-13-8-9-16-10-13;/h12-14,16H,2-11H2,1H3,(H,17,18);1H. The largest absolute Gasteiger partial charge is 0.381 e. The highest BCUT2D eigenvalue weighted by molar-refractivity contribution is 5.85. The summed E-state index contributed by atoms with van der Waals surface area (Å²) < 4.78 is 5.37. The molecule has 0 radical (unpaired) electrons. The molecule has 20 heavy (non-hydrogen) atoms. The van der Waals surface area contributed by atoms with Crippen LogP contribution in [-0.4, -0.2) is 38.8 Å². The summed E-state index contributed by atoms with van der Waals surface area (Å²) in [5.41, 5.74) is 0. The van der Waals surface area contributed by atoms with Gasteiger partial charge in [-0.15, -0.1) is 12.4 Å². The van der Waals surface area contributed by atoms with Crippen molar-refractivity contribution in [1.29, 1.82) is 0 Å². The SMILES string of the molecule is COC1CCC(CNC(=O)CCC2CCNC2)CC1.Cl. The number of methoxy groups -OCH3 is 1. The Balaban J connectivity index is 0.00000200. The highest BCUT2D eigenvalue weighted by Crippen LogP contribution is 2.25. The van der Waals surface area contributed by atoms with E-state index in [-0.39, 0.29) is 18.3 Å². The molecule has 1 saturated carbocycles. The van der Waals surface area contributed by atoms with Crippen molar-refractivity contribution in [1.82, 2.24) is 10.6 Å². The molecule has 1 amide bonds. The monoisotopic (exact) mass is 304 g/mol. The molecule has 118 valence electrons. The van der Waals surface area contributed by atoms with Gasteiger partial charge in [-0.05, 0) is 63.5 Å². The first-order valence-corrected chi connectivity index (χ1v) is 7.78. The Morgan fingerprint density at radius 1 is 1.20 bits per heavy atom. The molecule has 1 heterocycles. The van der Waals surface area contributed by atoms with E-state index in [0.717, 1.165) is 38.9 Å². The molecule has 4 nitrogen and oxygen atoms in total. The molecule has 5 heteroatoms. The van der Waals surface area contributed by atoms with Gasteiger partial charge in [0, 0.05) is 20.1 Å². The molecule has 1 atom stereocenters.